The second-order valence-corrected chi connectivity index (χ2v) is 6.58. The highest BCUT2D eigenvalue weighted by Gasteiger charge is 2.22. The maximum Gasteiger partial charge on any atom is 0.307 e. The Hall–Kier alpha value is -3.06. The second-order valence-electron chi connectivity index (χ2n) is 6.17. The van der Waals surface area contributed by atoms with Crippen molar-refractivity contribution in [3.8, 4) is 5.75 Å². The van der Waals surface area contributed by atoms with Gasteiger partial charge in [-0.15, -0.1) is 0 Å². The molecule has 0 aromatic heterocycles. The highest BCUT2D eigenvalue weighted by atomic mass is 35.5. The molecule has 1 amide bonds. The Labute approximate surface area is 160 Å². The summed E-state index contributed by atoms with van der Waals surface area (Å²) in [4.78, 5) is 23.3. The van der Waals surface area contributed by atoms with Gasteiger partial charge in [-0.2, -0.15) is 5.10 Å². The number of carboxylic acids is 1. The topological polar surface area (TPSA) is 114 Å². The molecule has 1 aliphatic heterocycles. The van der Waals surface area contributed by atoms with Crippen LogP contribution in [0.25, 0.3) is 0 Å². The number of hydrogen-bond donors (Lipinski definition) is 3. The minimum atomic E-state index is -0.882. The van der Waals surface area contributed by atoms with Crippen LogP contribution in [0.3, 0.4) is 0 Å². The number of carbonyl (C=O) groups excluding carboxylic acids is 1. The van der Waals surface area contributed by atoms with Crippen molar-refractivity contribution in [3.63, 3.8) is 0 Å². The smallest absolute Gasteiger partial charge is 0.307 e. The summed E-state index contributed by atoms with van der Waals surface area (Å²) < 4.78 is 5.71. The average molecular weight is 388 g/mol. The highest BCUT2D eigenvalue weighted by molar-refractivity contribution is 6.34. The van der Waals surface area contributed by atoms with Gasteiger partial charge in [-0.1, -0.05) is 17.7 Å². The van der Waals surface area contributed by atoms with Crippen LogP contribution >= 0.6 is 11.6 Å². The van der Waals surface area contributed by atoms with Crippen molar-refractivity contribution in [2.45, 2.75) is 25.4 Å². The number of anilines is 1. The largest absolute Gasteiger partial charge is 0.490 e. The molecule has 27 heavy (non-hydrogen) atoms. The van der Waals surface area contributed by atoms with Gasteiger partial charge < -0.3 is 21.0 Å². The van der Waals surface area contributed by atoms with Gasteiger partial charge in [-0.25, -0.2) is 0 Å². The molecule has 1 atom stereocenters. The lowest BCUT2D eigenvalue weighted by molar-refractivity contribution is -0.139. The Balaban J connectivity index is 1.72. The fourth-order valence-electron chi connectivity index (χ4n) is 2.94. The van der Waals surface area contributed by atoms with Gasteiger partial charge in [0.15, 0.2) is 0 Å². The van der Waals surface area contributed by atoms with Gasteiger partial charge in [0.25, 0.3) is 5.91 Å². The molecule has 1 unspecified atom stereocenters. The van der Waals surface area contributed by atoms with Gasteiger partial charge in [0, 0.05) is 5.69 Å². The maximum absolute atomic E-state index is 12.5. The van der Waals surface area contributed by atoms with E-state index in [1.807, 2.05) is 6.07 Å². The lowest BCUT2D eigenvalue weighted by Gasteiger charge is -2.25. The number of aryl methyl sites for hydroxylation is 1. The molecule has 1 heterocycles. The van der Waals surface area contributed by atoms with Crippen LogP contribution in [0.4, 0.5) is 5.69 Å². The molecular weight excluding hydrogens is 370 g/mol. The lowest BCUT2D eigenvalue weighted by Crippen LogP contribution is -2.25. The van der Waals surface area contributed by atoms with E-state index in [0.717, 1.165) is 5.56 Å². The van der Waals surface area contributed by atoms with Crippen molar-refractivity contribution >= 4 is 35.4 Å². The monoisotopic (exact) mass is 387 g/mol. The number of aliphatic carboxylic acids is 1. The molecule has 1 aliphatic rings. The zero-order valence-corrected chi connectivity index (χ0v) is 15.1. The summed E-state index contributed by atoms with van der Waals surface area (Å²) >= 11 is 6.17. The standard InChI is InChI=1S/C19H18ClN3O4/c20-16-7-11(10-22-21)1-5-15(16)19(26)23-13-3-6-17-12(8-13)2-4-14(27-17)9-18(24)25/h1,3,5-8,10,14H,2,4,9,21H2,(H,23,26)(H,24,25). The molecule has 0 spiro atoms. The number of carbonyl (C=O) groups is 2. The van der Waals surface area contributed by atoms with Crippen LogP contribution in [0.1, 0.15) is 34.3 Å². The molecule has 3 rings (SSSR count). The number of hydrogen-bond acceptors (Lipinski definition) is 5. The quantitative estimate of drug-likeness (QED) is 0.414. The molecule has 0 saturated carbocycles. The van der Waals surface area contributed by atoms with Crippen molar-refractivity contribution in [2.24, 2.45) is 10.9 Å². The number of rotatable bonds is 5. The van der Waals surface area contributed by atoms with E-state index in [1.54, 1.807) is 30.3 Å². The first-order valence-corrected chi connectivity index (χ1v) is 8.69. The van der Waals surface area contributed by atoms with E-state index in [9.17, 15) is 9.59 Å². The predicted molar refractivity (Wildman–Crippen MR) is 103 cm³/mol. The second kappa shape index (κ2) is 8.09. The number of carboxylic acid groups (broad SMARTS) is 1. The van der Waals surface area contributed by atoms with Gasteiger partial charge in [-0.3, -0.25) is 9.59 Å². The predicted octanol–water partition coefficient (Wildman–Crippen LogP) is 3.05. The molecule has 2 aromatic rings. The molecule has 2 aromatic carbocycles. The number of ether oxygens (including phenoxy) is 1. The number of halogens is 1. The Morgan fingerprint density at radius 1 is 1.33 bits per heavy atom. The highest BCUT2D eigenvalue weighted by Crippen LogP contribution is 2.31. The number of hydrazone groups is 1. The Kier molecular flexibility index (Phi) is 5.61. The summed E-state index contributed by atoms with van der Waals surface area (Å²) in [5.74, 6) is 4.54. The molecule has 8 heteroatoms. The number of nitrogens with zero attached hydrogens (tertiary/aromatic N) is 1. The summed E-state index contributed by atoms with van der Waals surface area (Å²) in [5.41, 5.74) is 2.57. The van der Waals surface area contributed by atoms with Gasteiger partial charge in [0.05, 0.1) is 23.2 Å². The molecular formula is C19H18ClN3O4. The van der Waals surface area contributed by atoms with Gasteiger partial charge in [-0.05, 0) is 54.3 Å². The third-order valence-corrected chi connectivity index (χ3v) is 4.52. The zero-order valence-electron chi connectivity index (χ0n) is 14.3. The number of amides is 1. The minimum Gasteiger partial charge on any atom is -0.490 e. The number of nitrogens with two attached hydrogens (primary N) is 1. The summed E-state index contributed by atoms with van der Waals surface area (Å²) in [6.07, 6.45) is 2.39. The molecule has 0 aliphatic carbocycles. The van der Waals surface area contributed by atoms with E-state index in [1.165, 1.54) is 6.21 Å². The van der Waals surface area contributed by atoms with Gasteiger partial charge in [0.2, 0.25) is 0 Å². The number of nitrogens with one attached hydrogen (secondary N) is 1. The summed E-state index contributed by atoms with van der Waals surface area (Å²) in [6.45, 7) is 0. The van der Waals surface area contributed by atoms with Crippen LogP contribution in [0.2, 0.25) is 5.02 Å². The molecule has 7 nitrogen and oxygen atoms in total. The van der Waals surface area contributed by atoms with Crippen molar-refractivity contribution < 1.29 is 19.4 Å². The average Bonchev–Trinajstić information content (AvgIpc) is 2.61. The first-order chi connectivity index (χ1) is 13.0. The van der Waals surface area contributed by atoms with Crippen molar-refractivity contribution in [1.29, 1.82) is 0 Å². The normalized spacial score (nSPS) is 15.8. The lowest BCUT2D eigenvalue weighted by atomic mass is 10.00. The number of fused-ring (bicyclic) bond motifs is 1. The minimum absolute atomic E-state index is 0.0265. The van der Waals surface area contributed by atoms with Crippen LogP contribution in [0.15, 0.2) is 41.5 Å². The molecule has 140 valence electrons. The van der Waals surface area contributed by atoms with E-state index in [2.05, 4.69) is 10.4 Å². The molecule has 0 fully saturated rings. The van der Waals surface area contributed by atoms with Crippen molar-refractivity contribution in [1.82, 2.24) is 0 Å². The van der Waals surface area contributed by atoms with Crippen LogP contribution in [0.5, 0.6) is 5.75 Å². The Morgan fingerprint density at radius 3 is 2.85 bits per heavy atom. The van der Waals surface area contributed by atoms with E-state index in [4.69, 9.17) is 27.3 Å². The SMILES string of the molecule is NN=Cc1ccc(C(=O)Nc2ccc3c(c2)CCC(CC(=O)O)O3)c(Cl)c1. The Bertz CT molecular complexity index is 914. The van der Waals surface area contributed by atoms with Crippen LogP contribution < -0.4 is 15.9 Å². The first kappa shape index (κ1) is 18.7. The fraction of sp³-hybridized carbons (Fsp3) is 0.211. The third kappa shape index (κ3) is 4.57. The zero-order chi connectivity index (χ0) is 19.4. The van der Waals surface area contributed by atoms with E-state index in [0.29, 0.717) is 40.4 Å². The number of benzene rings is 2. The molecule has 0 saturated heterocycles. The Morgan fingerprint density at radius 2 is 2.15 bits per heavy atom. The maximum atomic E-state index is 12.5. The van der Waals surface area contributed by atoms with Crippen molar-refractivity contribution in [2.75, 3.05) is 5.32 Å². The van der Waals surface area contributed by atoms with Gasteiger partial charge >= 0.3 is 5.97 Å². The van der Waals surface area contributed by atoms with E-state index >= 15 is 0 Å². The fourth-order valence-corrected chi connectivity index (χ4v) is 3.22. The molecule has 0 radical (unpaired) electrons. The van der Waals surface area contributed by atoms with E-state index in [-0.39, 0.29) is 18.4 Å². The van der Waals surface area contributed by atoms with Gasteiger partial charge in [0.1, 0.15) is 11.9 Å². The van der Waals surface area contributed by atoms with Crippen LogP contribution in [-0.4, -0.2) is 29.3 Å². The summed E-state index contributed by atoms with van der Waals surface area (Å²) in [7, 11) is 0. The first-order valence-electron chi connectivity index (χ1n) is 8.32. The summed E-state index contributed by atoms with van der Waals surface area (Å²) in [5, 5.41) is 15.4. The summed E-state index contributed by atoms with van der Waals surface area (Å²) in [6, 6.07) is 10.2. The van der Waals surface area contributed by atoms with Crippen LogP contribution in [-0.2, 0) is 11.2 Å². The molecule has 4 N–H and O–H groups in total. The molecule has 0 bridgehead atoms. The van der Waals surface area contributed by atoms with E-state index < -0.39 is 5.97 Å². The van der Waals surface area contributed by atoms with Crippen LogP contribution in [0, 0.1) is 0 Å². The third-order valence-electron chi connectivity index (χ3n) is 4.21. The van der Waals surface area contributed by atoms with Crippen molar-refractivity contribution in [3.05, 3.63) is 58.1 Å².